The highest BCUT2D eigenvalue weighted by Gasteiger charge is 1.89. The monoisotopic (exact) mass is 231 g/mol. The molecule has 17 heavy (non-hydrogen) atoms. The number of rotatable bonds is 3. The van der Waals surface area contributed by atoms with Gasteiger partial charge in [0.2, 0.25) is 0 Å². The predicted octanol–water partition coefficient (Wildman–Crippen LogP) is 2.98. The molecular weight excluding hydrogens is 210 g/mol. The largest absolute Gasteiger partial charge is 0.304 e. The fourth-order valence-electron chi connectivity index (χ4n) is 1.59. The molecular formula is C14H21N3. The summed E-state index contributed by atoms with van der Waals surface area (Å²) in [6.07, 6.45) is 3.37. The van der Waals surface area contributed by atoms with E-state index in [9.17, 15) is 0 Å². The summed E-state index contributed by atoms with van der Waals surface area (Å²) in [6, 6.07) is 7.91. The number of hydrogen-bond donors (Lipinski definition) is 0. The summed E-state index contributed by atoms with van der Waals surface area (Å²) in [6.45, 7) is 10.1. The molecule has 0 spiro atoms. The summed E-state index contributed by atoms with van der Waals surface area (Å²) >= 11 is 0. The Morgan fingerprint density at radius 2 is 1.65 bits per heavy atom. The van der Waals surface area contributed by atoms with E-state index in [4.69, 9.17) is 0 Å². The molecule has 0 aliphatic carbocycles. The topological polar surface area (TPSA) is 29.0 Å². The van der Waals surface area contributed by atoms with Gasteiger partial charge in [0, 0.05) is 11.6 Å². The Bertz CT molecular complexity index is 353. The summed E-state index contributed by atoms with van der Waals surface area (Å²) in [5, 5.41) is 1.09. The van der Waals surface area contributed by atoms with Crippen molar-refractivity contribution in [3.05, 3.63) is 36.8 Å². The normalized spacial score (nSPS) is 10.1. The van der Waals surface area contributed by atoms with Crippen molar-refractivity contribution >= 4 is 10.9 Å². The molecule has 0 aliphatic heterocycles. The molecule has 2 rings (SSSR count). The van der Waals surface area contributed by atoms with Crippen molar-refractivity contribution in [2.45, 2.75) is 20.8 Å². The van der Waals surface area contributed by atoms with E-state index in [1.165, 1.54) is 19.6 Å². The van der Waals surface area contributed by atoms with Gasteiger partial charge in [0.1, 0.15) is 6.33 Å². The second-order valence-electron chi connectivity index (χ2n) is 3.70. The predicted molar refractivity (Wildman–Crippen MR) is 73.0 cm³/mol. The molecule has 0 N–H and O–H groups in total. The average Bonchev–Trinajstić information content (AvgIpc) is 2.42. The minimum atomic E-state index is 0.998. The van der Waals surface area contributed by atoms with Gasteiger partial charge in [0.25, 0.3) is 0 Å². The van der Waals surface area contributed by atoms with Crippen LogP contribution in [0.15, 0.2) is 36.8 Å². The molecule has 0 radical (unpaired) electrons. The maximum Gasteiger partial charge on any atom is 0.116 e. The molecule has 0 amide bonds. The van der Waals surface area contributed by atoms with E-state index in [0.717, 1.165) is 10.9 Å². The minimum absolute atomic E-state index is 0.998. The van der Waals surface area contributed by atoms with Crippen molar-refractivity contribution in [3.8, 4) is 0 Å². The first-order valence-corrected chi connectivity index (χ1v) is 6.18. The Kier molecular flexibility index (Phi) is 6.18. The van der Waals surface area contributed by atoms with Gasteiger partial charge in [-0.05, 0) is 25.7 Å². The first-order chi connectivity index (χ1) is 8.31. The Morgan fingerprint density at radius 1 is 1.00 bits per heavy atom. The van der Waals surface area contributed by atoms with Crippen molar-refractivity contribution in [2.75, 3.05) is 19.6 Å². The lowest BCUT2D eigenvalue weighted by Gasteiger charge is -2.13. The van der Waals surface area contributed by atoms with E-state index >= 15 is 0 Å². The minimum Gasteiger partial charge on any atom is -0.304 e. The van der Waals surface area contributed by atoms with Crippen molar-refractivity contribution < 1.29 is 0 Å². The lowest BCUT2D eigenvalue weighted by Crippen LogP contribution is -2.21. The molecule has 0 aliphatic rings. The SMILES string of the molecule is CCN(CC)CC.c1ccc2ncncc2c1. The van der Waals surface area contributed by atoms with Gasteiger partial charge < -0.3 is 4.90 Å². The van der Waals surface area contributed by atoms with Gasteiger partial charge >= 0.3 is 0 Å². The quantitative estimate of drug-likeness (QED) is 0.813. The second-order valence-corrected chi connectivity index (χ2v) is 3.70. The molecule has 1 aromatic heterocycles. The fourth-order valence-corrected chi connectivity index (χ4v) is 1.59. The molecule has 0 unspecified atom stereocenters. The van der Waals surface area contributed by atoms with E-state index < -0.39 is 0 Å². The summed E-state index contributed by atoms with van der Waals surface area (Å²) in [4.78, 5) is 10.3. The van der Waals surface area contributed by atoms with Crippen molar-refractivity contribution in [1.29, 1.82) is 0 Å². The highest BCUT2D eigenvalue weighted by molar-refractivity contribution is 5.76. The van der Waals surface area contributed by atoms with Crippen LogP contribution in [0.25, 0.3) is 10.9 Å². The molecule has 1 aromatic carbocycles. The van der Waals surface area contributed by atoms with Gasteiger partial charge in [-0.25, -0.2) is 9.97 Å². The Morgan fingerprint density at radius 3 is 2.18 bits per heavy atom. The standard InChI is InChI=1S/C8H6N2.C6H15N/c1-2-4-8-7(3-1)5-9-6-10-8;1-4-7(5-2)6-3/h1-6H;4-6H2,1-3H3. The van der Waals surface area contributed by atoms with Crippen LogP contribution in [0.4, 0.5) is 0 Å². The molecule has 0 fully saturated rings. The Hall–Kier alpha value is -1.48. The third-order valence-corrected chi connectivity index (χ3v) is 2.76. The van der Waals surface area contributed by atoms with Gasteiger partial charge in [0.05, 0.1) is 5.52 Å². The summed E-state index contributed by atoms with van der Waals surface area (Å²) < 4.78 is 0. The van der Waals surface area contributed by atoms with Crippen molar-refractivity contribution in [1.82, 2.24) is 14.9 Å². The highest BCUT2D eigenvalue weighted by atomic mass is 15.1. The first kappa shape index (κ1) is 13.6. The van der Waals surface area contributed by atoms with Crippen LogP contribution in [0.5, 0.6) is 0 Å². The van der Waals surface area contributed by atoms with E-state index in [2.05, 4.69) is 35.6 Å². The van der Waals surface area contributed by atoms with E-state index in [1.54, 1.807) is 6.33 Å². The van der Waals surface area contributed by atoms with Gasteiger partial charge in [-0.15, -0.1) is 0 Å². The van der Waals surface area contributed by atoms with Crippen molar-refractivity contribution in [2.24, 2.45) is 0 Å². The third-order valence-electron chi connectivity index (χ3n) is 2.76. The fraction of sp³-hybridized carbons (Fsp3) is 0.429. The van der Waals surface area contributed by atoms with Gasteiger partial charge in [0.15, 0.2) is 0 Å². The van der Waals surface area contributed by atoms with Gasteiger partial charge in [-0.3, -0.25) is 0 Å². The number of fused-ring (bicyclic) bond motifs is 1. The zero-order chi connectivity index (χ0) is 12.5. The second kappa shape index (κ2) is 7.74. The van der Waals surface area contributed by atoms with Gasteiger partial charge in [-0.2, -0.15) is 0 Å². The van der Waals surface area contributed by atoms with Crippen molar-refractivity contribution in [3.63, 3.8) is 0 Å². The van der Waals surface area contributed by atoms with E-state index in [0.29, 0.717) is 0 Å². The summed E-state index contributed by atoms with van der Waals surface area (Å²) in [5.74, 6) is 0. The zero-order valence-corrected chi connectivity index (χ0v) is 10.9. The molecule has 2 aromatic rings. The van der Waals surface area contributed by atoms with E-state index in [1.807, 2.05) is 30.5 Å². The molecule has 0 saturated heterocycles. The summed E-state index contributed by atoms with van der Waals surface area (Å²) in [5.41, 5.74) is 0.998. The maximum absolute atomic E-state index is 4.07. The molecule has 1 heterocycles. The number of nitrogens with zero attached hydrogens (tertiary/aromatic N) is 3. The molecule has 92 valence electrons. The molecule has 3 nitrogen and oxygen atoms in total. The zero-order valence-electron chi connectivity index (χ0n) is 10.9. The third kappa shape index (κ3) is 4.49. The lowest BCUT2D eigenvalue weighted by molar-refractivity contribution is 0.321. The van der Waals surface area contributed by atoms with Crippen LogP contribution >= 0.6 is 0 Å². The Labute approximate surface area is 104 Å². The van der Waals surface area contributed by atoms with Crippen LogP contribution < -0.4 is 0 Å². The number of para-hydroxylation sites is 1. The smallest absolute Gasteiger partial charge is 0.116 e. The number of hydrogen-bond acceptors (Lipinski definition) is 3. The van der Waals surface area contributed by atoms with Crippen LogP contribution in [0.2, 0.25) is 0 Å². The van der Waals surface area contributed by atoms with Crippen LogP contribution in [0, 0.1) is 0 Å². The lowest BCUT2D eigenvalue weighted by atomic mass is 10.2. The van der Waals surface area contributed by atoms with Gasteiger partial charge in [-0.1, -0.05) is 39.0 Å². The molecule has 0 bridgehead atoms. The number of benzene rings is 1. The molecule has 0 atom stereocenters. The highest BCUT2D eigenvalue weighted by Crippen LogP contribution is 2.06. The van der Waals surface area contributed by atoms with E-state index in [-0.39, 0.29) is 0 Å². The first-order valence-electron chi connectivity index (χ1n) is 6.18. The van der Waals surface area contributed by atoms with Crippen LogP contribution in [0.1, 0.15) is 20.8 Å². The van der Waals surface area contributed by atoms with Crippen LogP contribution in [0.3, 0.4) is 0 Å². The van der Waals surface area contributed by atoms with Crippen LogP contribution in [-0.4, -0.2) is 34.5 Å². The van der Waals surface area contributed by atoms with Crippen LogP contribution in [-0.2, 0) is 0 Å². The summed E-state index contributed by atoms with van der Waals surface area (Å²) in [7, 11) is 0. The average molecular weight is 231 g/mol. The molecule has 0 saturated carbocycles. The number of aromatic nitrogens is 2. The maximum atomic E-state index is 4.07. The molecule has 3 heteroatoms. The Balaban J connectivity index is 0.000000185.